The van der Waals surface area contributed by atoms with E-state index in [1.54, 1.807) is 0 Å². The minimum Gasteiger partial charge on any atom is -0.480 e. The number of rotatable bonds is 4. The van der Waals surface area contributed by atoms with Crippen LogP contribution in [0.15, 0.2) is 24.4 Å². The fourth-order valence-corrected chi connectivity index (χ4v) is 3.68. The van der Waals surface area contributed by atoms with Crippen molar-refractivity contribution in [1.82, 2.24) is 4.98 Å². The molecule has 1 aromatic carbocycles. The summed E-state index contributed by atoms with van der Waals surface area (Å²) in [6.45, 7) is 8.26. The van der Waals surface area contributed by atoms with Crippen LogP contribution < -0.4 is 11.2 Å². The number of carbonyl (C=O) groups is 1. The third kappa shape index (κ3) is 3.89. The van der Waals surface area contributed by atoms with Crippen LogP contribution in [-0.2, 0) is 20.5 Å². The van der Waals surface area contributed by atoms with Crippen LogP contribution in [0.5, 0.6) is 0 Å². The normalized spacial score (nSPS) is 20.6. The first-order chi connectivity index (χ1) is 11.6. The van der Waals surface area contributed by atoms with Crippen LogP contribution in [0.2, 0.25) is 0 Å². The predicted molar refractivity (Wildman–Crippen MR) is 97.9 cm³/mol. The first kappa shape index (κ1) is 18.0. The summed E-state index contributed by atoms with van der Waals surface area (Å²) in [5, 5.41) is 10.00. The number of carboxylic acid groups (broad SMARTS) is 1. The highest BCUT2D eigenvalue weighted by atomic mass is 16.6. The Morgan fingerprint density at radius 3 is 2.56 bits per heavy atom. The van der Waals surface area contributed by atoms with Gasteiger partial charge in [-0.15, -0.1) is 0 Å². The molecule has 0 bridgehead atoms. The van der Waals surface area contributed by atoms with E-state index in [9.17, 15) is 4.79 Å². The Bertz CT molecular complexity index is 783. The molecule has 1 atom stereocenters. The molecular formula is C18H25BN2O4. The van der Waals surface area contributed by atoms with Gasteiger partial charge in [0.25, 0.3) is 0 Å². The second-order valence-electron chi connectivity index (χ2n) is 8.03. The number of hydrogen-bond acceptors (Lipinski definition) is 4. The van der Waals surface area contributed by atoms with Crippen molar-refractivity contribution in [2.45, 2.75) is 57.8 Å². The fourth-order valence-electron chi connectivity index (χ4n) is 3.68. The molecule has 0 aliphatic carbocycles. The van der Waals surface area contributed by atoms with Gasteiger partial charge in [0.05, 0.1) is 11.2 Å². The number of nitrogens with one attached hydrogen (secondary N) is 1. The summed E-state index contributed by atoms with van der Waals surface area (Å²) >= 11 is 0. The van der Waals surface area contributed by atoms with Crippen LogP contribution >= 0.6 is 0 Å². The Balaban J connectivity index is 1.94. The molecule has 7 heteroatoms. The van der Waals surface area contributed by atoms with Gasteiger partial charge in [0.2, 0.25) is 0 Å². The lowest BCUT2D eigenvalue weighted by molar-refractivity contribution is -0.138. The van der Waals surface area contributed by atoms with Gasteiger partial charge >= 0.3 is 13.1 Å². The summed E-state index contributed by atoms with van der Waals surface area (Å²) in [7, 11) is -0.459. The molecule has 6 nitrogen and oxygen atoms in total. The van der Waals surface area contributed by atoms with E-state index in [-0.39, 0.29) is 17.6 Å². The minimum absolute atomic E-state index is 0.266. The van der Waals surface area contributed by atoms with Crippen LogP contribution in [0.3, 0.4) is 0 Å². The molecule has 2 heterocycles. The maximum Gasteiger partial charge on any atom is 0.494 e. The van der Waals surface area contributed by atoms with E-state index in [2.05, 4.69) is 32.7 Å². The number of aliphatic carboxylic acids is 1. The number of aromatic amines is 1. The van der Waals surface area contributed by atoms with Crippen LogP contribution in [0.4, 0.5) is 0 Å². The van der Waals surface area contributed by atoms with Gasteiger partial charge in [-0.25, -0.2) is 0 Å². The van der Waals surface area contributed by atoms with E-state index in [0.29, 0.717) is 0 Å². The summed E-state index contributed by atoms with van der Waals surface area (Å²) in [6, 6.07) is 5.00. The molecule has 0 saturated carbocycles. The molecule has 2 aromatic rings. The van der Waals surface area contributed by atoms with Gasteiger partial charge in [-0.2, -0.15) is 0 Å². The van der Waals surface area contributed by atoms with Crippen molar-refractivity contribution < 1.29 is 19.2 Å². The van der Waals surface area contributed by atoms with Gasteiger partial charge in [-0.3, -0.25) is 4.79 Å². The average molecular weight is 344 g/mol. The van der Waals surface area contributed by atoms with Gasteiger partial charge in [-0.05, 0) is 44.8 Å². The monoisotopic (exact) mass is 344 g/mol. The Morgan fingerprint density at radius 1 is 1.32 bits per heavy atom. The second-order valence-corrected chi connectivity index (χ2v) is 8.03. The van der Waals surface area contributed by atoms with Crippen molar-refractivity contribution in [2.75, 3.05) is 0 Å². The van der Waals surface area contributed by atoms with E-state index < -0.39 is 19.1 Å². The zero-order valence-corrected chi connectivity index (χ0v) is 15.1. The number of hydrogen-bond donors (Lipinski definition) is 3. The SMILES string of the molecule is CC1(C)CC(C)(C)OB(c2ccc3[nH]cc(C[C@H](N)C(=O)O)c3c2)O1. The third-order valence-electron chi connectivity index (χ3n) is 4.52. The van der Waals surface area contributed by atoms with E-state index in [4.69, 9.17) is 20.1 Å². The predicted octanol–water partition coefficient (Wildman–Crippen LogP) is 1.81. The summed E-state index contributed by atoms with van der Waals surface area (Å²) in [4.78, 5) is 14.2. The number of fused-ring (bicyclic) bond motifs is 1. The topological polar surface area (TPSA) is 97.6 Å². The number of nitrogens with two attached hydrogens (primary N) is 1. The van der Waals surface area contributed by atoms with Crippen LogP contribution in [0.1, 0.15) is 39.7 Å². The molecule has 1 aliphatic heterocycles. The van der Waals surface area contributed by atoms with Crippen molar-refractivity contribution in [3.63, 3.8) is 0 Å². The summed E-state index contributed by atoms with van der Waals surface area (Å²) in [5.41, 5.74) is 7.85. The molecule has 134 valence electrons. The smallest absolute Gasteiger partial charge is 0.480 e. The Morgan fingerprint density at radius 2 is 1.96 bits per heavy atom. The van der Waals surface area contributed by atoms with Gasteiger partial charge in [0.1, 0.15) is 6.04 Å². The summed E-state index contributed by atoms with van der Waals surface area (Å²) < 4.78 is 12.3. The van der Waals surface area contributed by atoms with Crippen LogP contribution in [0, 0.1) is 0 Å². The standard InChI is InChI=1S/C18H25BN2O4/c1-17(2)10-18(3,4)25-19(24-17)12-5-6-15-13(8-12)11(9-21-15)7-14(20)16(22)23/h5-6,8-9,14,21H,7,10,20H2,1-4H3,(H,22,23)/t14-/m0/s1. The van der Waals surface area contributed by atoms with E-state index >= 15 is 0 Å². The lowest BCUT2D eigenvalue weighted by Crippen LogP contribution is -2.56. The van der Waals surface area contributed by atoms with E-state index in [1.807, 2.05) is 24.4 Å². The zero-order chi connectivity index (χ0) is 18.4. The number of aromatic nitrogens is 1. The Kier molecular flexibility index (Phi) is 4.43. The van der Waals surface area contributed by atoms with Crippen molar-refractivity contribution in [3.8, 4) is 0 Å². The highest BCUT2D eigenvalue weighted by Gasteiger charge is 2.43. The first-order valence-electron chi connectivity index (χ1n) is 8.50. The van der Waals surface area contributed by atoms with Crippen LogP contribution in [0.25, 0.3) is 10.9 Å². The highest BCUT2D eigenvalue weighted by Crippen LogP contribution is 2.33. The molecule has 1 fully saturated rings. The van der Waals surface area contributed by atoms with Gasteiger partial charge in [0, 0.05) is 29.9 Å². The fraction of sp³-hybridized carbons (Fsp3) is 0.500. The highest BCUT2D eigenvalue weighted by molar-refractivity contribution is 6.62. The zero-order valence-electron chi connectivity index (χ0n) is 15.1. The van der Waals surface area contributed by atoms with Gasteiger partial charge in [-0.1, -0.05) is 12.1 Å². The molecule has 3 rings (SSSR count). The first-order valence-corrected chi connectivity index (χ1v) is 8.50. The van der Waals surface area contributed by atoms with E-state index in [1.165, 1.54) is 0 Å². The number of H-pyrrole nitrogens is 1. The van der Waals surface area contributed by atoms with Crippen molar-refractivity contribution in [3.05, 3.63) is 30.0 Å². The lowest BCUT2D eigenvalue weighted by Gasteiger charge is -2.44. The molecule has 1 saturated heterocycles. The summed E-state index contributed by atoms with van der Waals surface area (Å²) in [6.07, 6.45) is 2.89. The molecule has 0 amide bonds. The molecular weight excluding hydrogens is 319 g/mol. The van der Waals surface area contributed by atoms with Gasteiger partial charge in [0.15, 0.2) is 0 Å². The average Bonchev–Trinajstić information content (AvgIpc) is 2.86. The van der Waals surface area contributed by atoms with Gasteiger partial charge < -0.3 is 25.1 Å². The molecule has 0 unspecified atom stereocenters. The van der Waals surface area contributed by atoms with Crippen molar-refractivity contribution >= 4 is 29.5 Å². The largest absolute Gasteiger partial charge is 0.494 e. The Labute approximate surface area is 147 Å². The number of benzene rings is 1. The maximum atomic E-state index is 11.0. The molecule has 1 aliphatic rings. The quantitative estimate of drug-likeness (QED) is 0.735. The lowest BCUT2D eigenvalue weighted by atomic mass is 9.72. The maximum absolute atomic E-state index is 11.0. The molecule has 1 aromatic heterocycles. The minimum atomic E-state index is -1.01. The van der Waals surface area contributed by atoms with Crippen LogP contribution in [-0.4, -0.2) is 40.4 Å². The molecule has 0 spiro atoms. The summed E-state index contributed by atoms with van der Waals surface area (Å²) in [5.74, 6) is -1.01. The van der Waals surface area contributed by atoms with Crippen molar-refractivity contribution in [2.24, 2.45) is 5.73 Å². The van der Waals surface area contributed by atoms with Crippen molar-refractivity contribution in [1.29, 1.82) is 0 Å². The third-order valence-corrected chi connectivity index (χ3v) is 4.52. The number of carboxylic acids is 1. The molecule has 25 heavy (non-hydrogen) atoms. The van der Waals surface area contributed by atoms with E-state index in [0.717, 1.165) is 28.4 Å². The Hall–Kier alpha value is -1.83. The molecule has 0 radical (unpaired) electrons. The second kappa shape index (κ2) is 6.16. The molecule has 4 N–H and O–H groups in total.